The number of halogens is 1. The molecule has 4 aromatic rings. The lowest BCUT2D eigenvalue weighted by Crippen LogP contribution is -2.00. The molecule has 0 saturated carbocycles. The van der Waals surface area contributed by atoms with Crippen molar-refractivity contribution >= 4 is 27.0 Å². The second-order valence-electron chi connectivity index (χ2n) is 4.44. The Labute approximate surface area is 128 Å². The molecule has 0 aliphatic heterocycles. The fourth-order valence-corrected chi connectivity index (χ4v) is 2.61. The molecule has 6 nitrogen and oxygen atoms in total. The summed E-state index contributed by atoms with van der Waals surface area (Å²) in [6.45, 7) is 0. The van der Waals surface area contributed by atoms with Crippen LogP contribution in [0.4, 0.5) is 0 Å². The number of hydrogen-bond acceptors (Lipinski definition) is 4. The molecule has 0 aliphatic rings. The van der Waals surface area contributed by atoms with Gasteiger partial charge < -0.3 is 0 Å². The maximum absolute atomic E-state index is 4.44. The van der Waals surface area contributed by atoms with Crippen LogP contribution in [0.2, 0.25) is 0 Å². The minimum absolute atomic E-state index is 0.756. The number of hydrogen-bond donors (Lipinski definition) is 0. The van der Waals surface area contributed by atoms with Gasteiger partial charge in [0.2, 0.25) is 0 Å². The summed E-state index contributed by atoms with van der Waals surface area (Å²) in [5, 5.41) is 5.31. The second-order valence-corrected chi connectivity index (χ2v) is 5.36. The SMILES string of the molecule is Brc1cccc(-n2ncc3c(-n4ccnc4)ncnc32)c1. The van der Waals surface area contributed by atoms with Crippen LogP contribution in [-0.4, -0.2) is 29.3 Å². The van der Waals surface area contributed by atoms with E-state index in [0.29, 0.717) is 0 Å². The van der Waals surface area contributed by atoms with E-state index in [1.54, 1.807) is 23.4 Å². The van der Waals surface area contributed by atoms with Crippen molar-refractivity contribution in [3.05, 3.63) is 60.0 Å². The van der Waals surface area contributed by atoms with Gasteiger partial charge >= 0.3 is 0 Å². The molecule has 0 amide bonds. The molecule has 0 unspecified atom stereocenters. The van der Waals surface area contributed by atoms with Crippen molar-refractivity contribution in [2.75, 3.05) is 0 Å². The van der Waals surface area contributed by atoms with Gasteiger partial charge in [-0.3, -0.25) is 4.57 Å². The lowest BCUT2D eigenvalue weighted by Gasteiger charge is -2.05. The average Bonchev–Trinajstić information content (AvgIpc) is 3.16. The van der Waals surface area contributed by atoms with Gasteiger partial charge in [0.15, 0.2) is 11.5 Å². The maximum atomic E-state index is 4.44. The number of rotatable bonds is 2. The standard InChI is InChI=1S/C14H9BrN6/c15-10-2-1-3-11(6-10)21-14-12(7-19-21)13(17-8-18-14)20-5-4-16-9-20/h1-9H. The minimum Gasteiger partial charge on any atom is -0.290 e. The molecule has 21 heavy (non-hydrogen) atoms. The van der Waals surface area contributed by atoms with Gasteiger partial charge in [-0.1, -0.05) is 22.0 Å². The van der Waals surface area contributed by atoms with E-state index in [2.05, 4.69) is 36.0 Å². The molecule has 3 heterocycles. The predicted molar refractivity (Wildman–Crippen MR) is 81.5 cm³/mol. The first-order chi connectivity index (χ1) is 10.3. The van der Waals surface area contributed by atoms with Gasteiger partial charge in [0.25, 0.3) is 0 Å². The Balaban J connectivity index is 1.96. The van der Waals surface area contributed by atoms with Gasteiger partial charge in [0.05, 0.1) is 17.3 Å². The Kier molecular flexibility index (Phi) is 2.78. The first kappa shape index (κ1) is 12.2. The monoisotopic (exact) mass is 340 g/mol. The van der Waals surface area contributed by atoms with E-state index < -0.39 is 0 Å². The number of benzene rings is 1. The molecule has 0 spiro atoms. The predicted octanol–water partition coefficient (Wildman–Crippen LogP) is 2.76. The lowest BCUT2D eigenvalue weighted by molar-refractivity contribution is 0.892. The molecule has 0 saturated heterocycles. The normalized spacial score (nSPS) is 11.1. The van der Waals surface area contributed by atoms with E-state index >= 15 is 0 Å². The lowest BCUT2D eigenvalue weighted by atomic mass is 10.3. The summed E-state index contributed by atoms with van der Waals surface area (Å²) in [4.78, 5) is 12.7. The molecule has 7 heteroatoms. The third kappa shape index (κ3) is 2.02. The van der Waals surface area contributed by atoms with Gasteiger partial charge in [-0.2, -0.15) is 5.10 Å². The summed E-state index contributed by atoms with van der Waals surface area (Å²) in [5.74, 6) is 0.763. The highest BCUT2D eigenvalue weighted by molar-refractivity contribution is 9.10. The smallest absolute Gasteiger partial charge is 0.168 e. The summed E-state index contributed by atoms with van der Waals surface area (Å²) in [6.07, 6.45) is 8.57. The molecule has 0 aliphatic carbocycles. The van der Waals surface area contributed by atoms with Crippen molar-refractivity contribution in [3.63, 3.8) is 0 Å². The van der Waals surface area contributed by atoms with Gasteiger partial charge in [0, 0.05) is 16.9 Å². The quantitative estimate of drug-likeness (QED) is 0.563. The molecule has 0 atom stereocenters. The molecule has 3 aromatic heterocycles. The van der Waals surface area contributed by atoms with Crippen LogP contribution in [0.3, 0.4) is 0 Å². The van der Waals surface area contributed by atoms with E-state index in [9.17, 15) is 0 Å². The Bertz CT molecular complexity index is 912. The van der Waals surface area contributed by atoms with E-state index in [0.717, 1.165) is 27.0 Å². The third-order valence-electron chi connectivity index (χ3n) is 3.15. The molecule has 4 rings (SSSR count). The molecular weight excluding hydrogens is 332 g/mol. The zero-order chi connectivity index (χ0) is 14.2. The Morgan fingerprint density at radius 1 is 1.14 bits per heavy atom. The van der Waals surface area contributed by atoms with Crippen LogP contribution in [0.1, 0.15) is 0 Å². The van der Waals surface area contributed by atoms with Crippen LogP contribution < -0.4 is 0 Å². The van der Waals surface area contributed by atoms with Crippen molar-refractivity contribution in [1.29, 1.82) is 0 Å². The number of fused-ring (bicyclic) bond motifs is 1. The second kappa shape index (κ2) is 4.78. The zero-order valence-corrected chi connectivity index (χ0v) is 12.3. The zero-order valence-electron chi connectivity index (χ0n) is 10.8. The van der Waals surface area contributed by atoms with Crippen LogP contribution >= 0.6 is 15.9 Å². The molecule has 0 radical (unpaired) electrons. The van der Waals surface area contributed by atoms with E-state index in [1.165, 1.54) is 6.33 Å². The Morgan fingerprint density at radius 2 is 2.10 bits per heavy atom. The van der Waals surface area contributed by atoms with Gasteiger partial charge in [-0.25, -0.2) is 19.6 Å². The summed E-state index contributed by atoms with van der Waals surface area (Å²) in [7, 11) is 0. The van der Waals surface area contributed by atoms with Gasteiger partial charge in [0.1, 0.15) is 12.7 Å². The van der Waals surface area contributed by atoms with Crippen molar-refractivity contribution in [2.24, 2.45) is 0 Å². The molecule has 0 fully saturated rings. The minimum atomic E-state index is 0.756. The number of aromatic nitrogens is 6. The first-order valence-electron chi connectivity index (χ1n) is 6.26. The van der Waals surface area contributed by atoms with Crippen LogP contribution in [0.5, 0.6) is 0 Å². The molecule has 102 valence electrons. The number of imidazole rings is 1. The first-order valence-corrected chi connectivity index (χ1v) is 7.05. The highest BCUT2D eigenvalue weighted by Gasteiger charge is 2.12. The van der Waals surface area contributed by atoms with Crippen LogP contribution in [-0.2, 0) is 0 Å². The Hall–Kier alpha value is -2.54. The highest BCUT2D eigenvalue weighted by Crippen LogP contribution is 2.22. The van der Waals surface area contributed by atoms with E-state index in [4.69, 9.17) is 0 Å². The van der Waals surface area contributed by atoms with E-state index in [-0.39, 0.29) is 0 Å². The maximum Gasteiger partial charge on any atom is 0.168 e. The third-order valence-corrected chi connectivity index (χ3v) is 3.64. The van der Waals surface area contributed by atoms with Gasteiger partial charge in [-0.15, -0.1) is 0 Å². The Morgan fingerprint density at radius 3 is 2.90 bits per heavy atom. The molecular formula is C14H9BrN6. The fraction of sp³-hybridized carbons (Fsp3) is 0. The van der Waals surface area contributed by atoms with E-state index in [1.807, 2.05) is 35.0 Å². The molecule has 0 N–H and O–H groups in total. The summed E-state index contributed by atoms with van der Waals surface area (Å²) < 4.78 is 4.63. The fourth-order valence-electron chi connectivity index (χ4n) is 2.22. The van der Waals surface area contributed by atoms with Gasteiger partial charge in [-0.05, 0) is 18.2 Å². The summed E-state index contributed by atoms with van der Waals surface area (Å²) in [5.41, 5.74) is 1.70. The average molecular weight is 341 g/mol. The molecule has 0 bridgehead atoms. The van der Waals surface area contributed by atoms with Crippen molar-refractivity contribution < 1.29 is 0 Å². The van der Waals surface area contributed by atoms with Crippen molar-refractivity contribution in [2.45, 2.75) is 0 Å². The topological polar surface area (TPSA) is 61.4 Å². The van der Waals surface area contributed by atoms with Crippen molar-refractivity contribution in [3.8, 4) is 11.5 Å². The number of nitrogens with zero attached hydrogens (tertiary/aromatic N) is 6. The van der Waals surface area contributed by atoms with Crippen LogP contribution in [0.15, 0.2) is 60.0 Å². The highest BCUT2D eigenvalue weighted by atomic mass is 79.9. The van der Waals surface area contributed by atoms with Crippen LogP contribution in [0.25, 0.3) is 22.5 Å². The molecule has 1 aromatic carbocycles. The van der Waals surface area contributed by atoms with Crippen molar-refractivity contribution in [1.82, 2.24) is 29.3 Å². The largest absolute Gasteiger partial charge is 0.290 e. The summed E-state index contributed by atoms with van der Waals surface area (Å²) in [6, 6.07) is 7.91. The summed E-state index contributed by atoms with van der Waals surface area (Å²) >= 11 is 3.47. The van der Waals surface area contributed by atoms with Crippen LogP contribution in [0, 0.1) is 0 Å².